The van der Waals surface area contributed by atoms with Crippen molar-refractivity contribution in [2.45, 2.75) is 19.3 Å². The largest absolute Gasteiger partial charge is 0.312 e. The number of nitrogens with zero attached hydrogens (tertiary/aromatic N) is 1. The van der Waals surface area contributed by atoms with Gasteiger partial charge in [-0.15, -0.1) is 0 Å². The highest BCUT2D eigenvalue weighted by atomic mass is 127. The summed E-state index contributed by atoms with van der Waals surface area (Å²) in [5, 5.41) is 0. The summed E-state index contributed by atoms with van der Waals surface area (Å²) in [4.78, 5) is 13.7. The van der Waals surface area contributed by atoms with Crippen LogP contribution in [0.5, 0.6) is 0 Å². The maximum absolute atomic E-state index is 11.7. The SMILES string of the molecule is O=C1Cc2ccccc2N1CCCCI. The van der Waals surface area contributed by atoms with Gasteiger partial charge in [0.2, 0.25) is 5.91 Å². The van der Waals surface area contributed by atoms with Crippen LogP contribution >= 0.6 is 22.6 Å². The molecule has 2 nitrogen and oxygen atoms in total. The van der Waals surface area contributed by atoms with E-state index in [1.54, 1.807) is 0 Å². The van der Waals surface area contributed by atoms with E-state index in [0.29, 0.717) is 6.42 Å². The number of anilines is 1. The van der Waals surface area contributed by atoms with Crippen LogP contribution in [0.15, 0.2) is 24.3 Å². The van der Waals surface area contributed by atoms with Crippen molar-refractivity contribution in [1.29, 1.82) is 0 Å². The first-order valence-electron chi connectivity index (χ1n) is 5.27. The quantitative estimate of drug-likeness (QED) is 0.475. The Kier molecular flexibility index (Phi) is 3.61. The first-order chi connectivity index (χ1) is 7.33. The summed E-state index contributed by atoms with van der Waals surface area (Å²) < 4.78 is 1.17. The predicted octanol–water partition coefficient (Wildman–Crippen LogP) is 2.79. The predicted molar refractivity (Wildman–Crippen MR) is 70.6 cm³/mol. The monoisotopic (exact) mass is 315 g/mol. The maximum Gasteiger partial charge on any atom is 0.231 e. The van der Waals surface area contributed by atoms with Crippen LogP contribution in [0.2, 0.25) is 0 Å². The van der Waals surface area contributed by atoms with Gasteiger partial charge in [0.1, 0.15) is 0 Å². The van der Waals surface area contributed by atoms with E-state index < -0.39 is 0 Å². The molecule has 1 amide bonds. The van der Waals surface area contributed by atoms with Crippen molar-refractivity contribution in [2.24, 2.45) is 0 Å². The Morgan fingerprint density at radius 1 is 1.27 bits per heavy atom. The number of hydrogen-bond acceptors (Lipinski definition) is 1. The minimum atomic E-state index is 0.254. The molecule has 3 heteroatoms. The molecule has 0 radical (unpaired) electrons. The molecule has 0 spiro atoms. The molecule has 1 aliphatic heterocycles. The number of rotatable bonds is 4. The van der Waals surface area contributed by atoms with Gasteiger partial charge in [0, 0.05) is 12.2 Å². The molecular weight excluding hydrogens is 301 g/mol. The zero-order chi connectivity index (χ0) is 10.7. The topological polar surface area (TPSA) is 20.3 Å². The van der Waals surface area contributed by atoms with Gasteiger partial charge in [0.15, 0.2) is 0 Å². The van der Waals surface area contributed by atoms with Gasteiger partial charge in [-0.2, -0.15) is 0 Å². The normalized spacial score (nSPS) is 14.5. The van der Waals surface area contributed by atoms with Gasteiger partial charge in [0.25, 0.3) is 0 Å². The second-order valence-electron chi connectivity index (χ2n) is 3.75. The highest BCUT2D eigenvalue weighted by molar-refractivity contribution is 14.1. The van der Waals surface area contributed by atoms with E-state index in [1.165, 1.54) is 16.4 Å². The van der Waals surface area contributed by atoms with Crippen molar-refractivity contribution in [1.82, 2.24) is 0 Å². The highest BCUT2D eigenvalue weighted by Gasteiger charge is 2.25. The van der Waals surface area contributed by atoms with Gasteiger partial charge in [-0.05, 0) is 28.9 Å². The Bertz CT molecular complexity index is 364. The van der Waals surface area contributed by atoms with Crippen molar-refractivity contribution < 1.29 is 4.79 Å². The van der Waals surface area contributed by atoms with Crippen LogP contribution in [0, 0.1) is 0 Å². The number of carbonyl (C=O) groups is 1. The number of halogens is 1. The van der Waals surface area contributed by atoms with Crippen LogP contribution in [0.1, 0.15) is 18.4 Å². The molecular formula is C12H14INO. The first kappa shape index (κ1) is 10.9. The smallest absolute Gasteiger partial charge is 0.231 e. The lowest BCUT2D eigenvalue weighted by atomic mass is 10.2. The number of alkyl halides is 1. The Labute approximate surface area is 104 Å². The Morgan fingerprint density at radius 2 is 2.07 bits per heavy atom. The van der Waals surface area contributed by atoms with E-state index in [2.05, 4.69) is 22.6 Å². The van der Waals surface area contributed by atoms with Crippen LogP contribution < -0.4 is 4.90 Å². The number of hydrogen-bond donors (Lipinski definition) is 0. The molecule has 0 atom stereocenters. The second-order valence-corrected chi connectivity index (χ2v) is 4.83. The number of para-hydroxylation sites is 1. The number of carbonyl (C=O) groups excluding carboxylic acids is 1. The van der Waals surface area contributed by atoms with Crippen LogP contribution in [-0.4, -0.2) is 16.9 Å². The standard InChI is InChI=1S/C12H14INO/c13-7-3-4-8-14-11-6-2-1-5-10(11)9-12(14)15/h1-2,5-6H,3-4,7-9H2. The summed E-state index contributed by atoms with van der Waals surface area (Å²) in [5.41, 5.74) is 2.30. The minimum Gasteiger partial charge on any atom is -0.312 e. The molecule has 0 aliphatic carbocycles. The second kappa shape index (κ2) is 4.96. The molecule has 1 aromatic rings. The third-order valence-corrected chi connectivity index (χ3v) is 3.45. The van der Waals surface area contributed by atoms with Gasteiger partial charge in [-0.25, -0.2) is 0 Å². The highest BCUT2D eigenvalue weighted by Crippen LogP contribution is 2.28. The van der Waals surface area contributed by atoms with Crippen LogP contribution in [0.3, 0.4) is 0 Å². The van der Waals surface area contributed by atoms with Crippen molar-refractivity contribution in [3.05, 3.63) is 29.8 Å². The van der Waals surface area contributed by atoms with Gasteiger partial charge in [-0.1, -0.05) is 40.8 Å². The number of benzene rings is 1. The summed E-state index contributed by atoms with van der Waals surface area (Å²) >= 11 is 2.38. The summed E-state index contributed by atoms with van der Waals surface area (Å²) in [6, 6.07) is 8.10. The third-order valence-electron chi connectivity index (χ3n) is 2.69. The van der Waals surface area contributed by atoms with Crippen molar-refractivity contribution in [3.8, 4) is 0 Å². The summed E-state index contributed by atoms with van der Waals surface area (Å²) in [6.07, 6.45) is 2.87. The number of unbranched alkanes of at least 4 members (excludes halogenated alkanes) is 1. The molecule has 80 valence electrons. The fraction of sp³-hybridized carbons (Fsp3) is 0.417. The summed E-state index contributed by atoms with van der Waals surface area (Å²) in [5.74, 6) is 0.254. The lowest BCUT2D eigenvalue weighted by Gasteiger charge is -2.16. The Morgan fingerprint density at radius 3 is 2.87 bits per heavy atom. The van der Waals surface area contributed by atoms with Gasteiger partial charge in [0.05, 0.1) is 6.42 Å². The number of fused-ring (bicyclic) bond motifs is 1. The molecule has 0 aromatic heterocycles. The molecule has 2 rings (SSSR count). The minimum absolute atomic E-state index is 0.254. The lowest BCUT2D eigenvalue weighted by Crippen LogP contribution is -2.27. The zero-order valence-corrected chi connectivity index (χ0v) is 10.7. The molecule has 15 heavy (non-hydrogen) atoms. The number of amides is 1. The molecule has 1 aliphatic rings. The molecule has 0 bridgehead atoms. The molecule has 1 aromatic carbocycles. The zero-order valence-electron chi connectivity index (χ0n) is 8.58. The molecule has 0 fully saturated rings. The van der Waals surface area contributed by atoms with Gasteiger partial charge >= 0.3 is 0 Å². The van der Waals surface area contributed by atoms with Crippen molar-refractivity contribution in [3.63, 3.8) is 0 Å². The lowest BCUT2D eigenvalue weighted by molar-refractivity contribution is -0.117. The third kappa shape index (κ3) is 2.33. The van der Waals surface area contributed by atoms with E-state index in [9.17, 15) is 4.79 Å². The molecule has 1 heterocycles. The fourth-order valence-electron chi connectivity index (χ4n) is 1.93. The Hall–Kier alpha value is -0.580. The Balaban J connectivity index is 2.08. The van der Waals surface area contributed by atoms with E-state index in [-0.39, 0.29) is 5.91 Å². The molecule has 0 saturated carbocycles. The van der Waals surface area contributed by atoms with E-state index in [4.69, 9.17) is 0 Å². The van der Waals surface area contributed by atoms with E-state index in [0.717, 1.165) is 18.7 Å². The van der Waals surface area contributed by atoms with Crippen molar-refractivity contribution >= 4 is 34.2 Å². The van der Waals surface area contributed by atoms with Gasteiger partial charge in [-0.3, -0.25) is 4.79 Å². The fourth-order valence-corrected chi connectivity index (χ4v) is 2.47. The molecule has 0 N–H and O–H groups in total. The van der Waals surface area contributed by atoms with Crippen LogP contribution in [-0.2, 0) is 11.2 Å². The first-order valence-corrected chi connectivity index (χ1v) is 6.79. The van der Waals surface area contributed by atoms with Crippen LogP contribution in [0.4, 0.5) is 5.69 Å². The maximum atomic E-state index is 11.7. The van der Waals surface area contributed by atoms with Crippen LogP contribution in [0.25, 0.3) is 0 Å². The average molecular weight is 315 g/mol. The average Bonchev–Trinajstić information content (AvgIpc) is 2.56. The summed E-state index contributed by atoms with van der Waals surface area (Å²) in [6.45, 7) is 0.874. The van der Waals surface area contributed by atoms with Crippen molar-refractivity contribution in [2.75, 3.05) is 15.9 Å². The van der Waals surface area contributed by atoms with Gasteiger partial charge < -0.3 is 4.90 Å². The van der Waals surface area contributed by atoms with E-state index >= 15 is 0 Å². The van der Waals surface area contributed by atoms with E-state index in [1.807, 2.05) is 29.2 Å². The molecule has 0 saturated heterocycles. The molecule has 0 unspecified atom stereocenters. The summed E-state index contributed by atoms with van der Waals surface area (Å²) in [7, 11) is 0.